The average Bonchev–Trinajstić information content (AvgIpc) is 3.32. The first kappa shape index (κ1) is 22.3. The second-order valence-electron chi connectivity index (χ2n) is 8.68. The van der Waals surface area contributed by atoms with Crippen LogP contribution in [-0.2, 0) is 11.4 Å². The molecule has 0 fully saturated rings. The number of nitrogens with zero attached hydrogens (tertiary/aromatic N) is 4. The van der Waals surface area contributed by atoms with Gasteiger partial charge in [0.1, 0.15) is 18.4 Å². The Balaban J connectivity index is 1.40. The van der Waals surface area contributed by atoms with Crippen LogP contribution in [-0.4, -0.2) is 26.1 Å². The summed E-state index contributed by atoms with van der Waals surface area (Å²) in [7, 11) is 0. The van der Waals surface area contributed by atoms with Crippen molar-refractivity contribution in [2.45, 2.75) is 33.4 Å². The molecule has 0 radical (unpaired) electrons. The predicted molar refractivity (Wildman–Crippen MR) is 134 cm³/mol. The molecule has 2 N–H and O–H groups in total. The third-order valence-corrected chi connectivity index (χ3v) is 5.99. The largest absolute Gasteiger partial charge is 0.489 e. The van der Waals surface area contributed by atoms with Gasteiger partial charge in [0.15, 0.2) is 0 Å². The number of benzene rings is 3. The van der Waals surface area contributed by atoms with E-state index in [2.05, 4.69) is 57.3 Å². The third-order valence-electron chi connectivity index (χ3n) is 5.99. The highest BCUT2D eigenvalue weighted by atomic mass is 16.5. The third kappa shape index (κ3) is 4.77. The van der Waals surface area contributed by atoms with E-state index in [-0.39, 0.29) is 5.91 Å². The molecule has 0 saturated carbocycles. The zero-order valence-corrected chi connectivity index (χ0v) is 19.8. The number of hydrogen-bond acceptors (Lipinski definition) is 6. The van der Waals surface area contributed by atoms with Crippen LogP contribution >= 0.6 is 0 Å². The van der Waals surface area contributed by atoms with Crippen LogP contribution in [0.1, 0.15) is 35.2 Å². The highest BCUT2D eigenvalue weighted by molar-refractivity contribution is 6.06. The number of anilines is 2. The summed E-state index contributed by atoms with van der Waals surface area (Å²) in [6, 6.07) is 23.2. The van der Waals surface area contributed by atoms with Gasteiger partial charge in [-0.2, -0.15) is 4.68 Å². The molecule has 1 aliphatic heterocycles. The molecule has 0 saturated heterocycles. The van der Waals surface area contributed by atoms with Crippen molar-refractivity contribution in [1.29, 1.82) is 0 Å². The summed E-state index contributed by atoms with van der Waals surface area (Å²) in [4.78, 5) is 13.4. The Morgan fingerprint density at radius 1 is 0.943 bits per heavy atom. The highest BCUT2D eigenvalue weighted by Crippen LogP contribution is 2.35. The quantitative estimate of drug-likeness (QED) is 0.424. The molecule has 1 aromatic heterocycles. The van der Waals surface area contributed by atoms with Crippen LogP contribution in [0.5, 0.6) is 5.75 Å². The number of rotatable bonds is 6. The van der Waals surface area contributed by atoms with Gasteiger partial charge in [0, 0.05) is 11.4 Å². The van der Waals surface area contributed by atoms with Crippen molar-refractivity contribution in [3.05, 3.63) is 106 Å². The van der Waals surface area contributed by atoms with E-state index < -0.39 is 6.04 Å². The fourth-order valence-electron chi connectivity index (χ4n) is 4.05. The SMILES string of the molecule is CC1=C(C(=O)Nc2ccc(C)cc2)C(c2ccc(OCc3ccc(C)cc3)cc2)n2nnnc2N1. The Bertz CT molecular complexity index is 1370. The first-order valence-electron chi connectivity index (χ1n) is 11.4. The number of allylic oxidation sites excluding steroid dienone is 1. The lowest BCUT2D eigenvalue weighted by Gasteiger charge is -2.28. The number of ether oxygens (including phenoxy) is 1. The minimum Gasteiger partial charge on any atom is -0.489 e. The molecule has 0 spiro atoms. The van der Waals surface area contributed by atoms with Crippen molar-refractivity contribution in [3.8, 4) is 5.75 Å². The number of aryl methyl sites for hydroxylation is 2. The number of hydrogen-bond donors (Lipinski definition) is 2. The van der Waals surface area contributed by atoms with Crippen molar-refractivity contribution >= 4 is 17.5 Å². The molecule has 1 aliphatic rings. The Kier molecular flexibility index (Phi) is 6.01. The van der Waals surface area contributed by atoms with E-state index in [1.54, 1.807) is 4.68 Å². The molecule has 2 heterocycles. The summed E-state index contributed by atoms with van der Waals surface area (Å²) in [6.45, 7) is 6.40. The van der Waals surface area contributed by atoms with Gasteiger partial charge in [0.25, 0.3) is 5.91 Å². The van der Waals surface area contributed by atoms with Gasteiger partial charge in [-0.1, -0.05) is 64.8 Å². The van der Waals surface area contributed by atoms with E-state index in [9.17, 15) is 4.79 Å². The zero-order valence-electron chi connectivity index (χ0n) is 19.8. The standard InChI is InChI=1S/C27H26N6O2/c1-17-4-8-20(9-5-17)16-35-23-14-10-21(11-15-23)25-24(19(3)28-27-30-31-32-33(25)27)26(34)29-22-12-6-18(2)7-13-22/h4-15,25H,16H2,1-3H3,(H,29,34)(H,28,30,32). The molecule has 176 valence electrons. The van der Waals surface area contributed by atoms with Crippen LogP contribution in [0.15, 0.2) is 84.1 Å². The van der Waals surface area contributed by atoms with Gasteiger partial charge < -0.3 is 15.4 Å². The smallest absolute Gasteiger partial charge is 0.255 e. The molecule has 1 amide bonds. The van der Waals surface area contributed by atoms with Crippen LogP contribution in [0.2, 0.25) is 0 Å². The van der Waals surface area contributed by atoms with Gasteiger partial charge in [0.05, 0.1) is 5.57 Å². The van der Waals surface area contributed by atoms with Gasteiger partial charge in [-0.15, -0.1) is 0 Å². The van der Waals surface area contributed by atoms with E-state index in [0.29, 0.717) is 23.8 Å². The topological polar surface area (TPSA) is 94.0 Å². The average molecular weight is 467 g/mol. The fourth-order valence-corrected chi connectivity index (χ4v) is 4.05. The second-order valence-corrected chi connectivity index (χ2v) is 8.68. The van der Waals surface area contributed by atoms with Crippen molar-refractivity contribution in [2.75, 3.05) is 10.6 Å². The molecule has 5 rings (SSSR count). The Morgan fingerprint density at radius 2 is 1.60 bits per heavy atom. The molecule has 0 aliphatic carbocycles. The summed E-state index contributed by atoms with van der Waals surface area (Å²) in [6.07, 6.45) is 0. The lowest BCUT2D eigenvalue weighted by molar-refractivity contribution is -0.113. The fraction of sp³-hybridized carbons (Fsp3) is 0.185. The maximum absolute atomic E-state index is 13.4. The molecular formula is C27H26N6O2. The Labute approximate surface area is 203 Å². The molecule has 4 aromatic rings. The lowest BCUT2D eigenvalue weighted by atomic mass is 9.95. The number of carbonyl (C=O) groups excluding carboxylic acids is 1. The van der Waals surface area contributed by atoms with Crippen molar-refractivity contribution in [3.63, 3.8) is 0 Å². The monoisotopic (exact) mass is 466 g/mol. The Hall–Kier alpha value is -4.46. The molecule has 8 heteroatoms. The van der Waals surface area contributed by atoms with Gasteiger partial charge in [-0.05, 0) is 66.6 Å². The van der Waals surface area contributed by atoms with Crippen LogP contribution in [0.3, 0.4) is 0 Å². The Morgan fingerprint density at radius 3 is 2.29 bits per heavy atom. The zero-order chi connectivity index (χ0) is 24.4. The van der Waals surface area contributed by atoms with Crippen LogP contribution < -0.4 is 15.4 Å². The summed E-state index contributed by atoms with van der Waals surface area (Å²) >= 11 is 0. The van der Waals surface area contributed by atoms with Gasteiger partial charge in [-0.3, -0.25) is 4.79 Å². The molecule has 35 heavy (non-hydrogen) atoms. The molecule has 3 aromatic carbocycles. The first-order chi connectivity index (χ1) is 17.0. The van der Waals surface area contributed by atoms with Gasteiger partial charge in [-0.25, -0.2) is 0 Å². The summed E-state index contributed by atoms with van der Waals surface area (Å²) in [5.74, 6) is 1.01. The molecule has 1 unspecified atom stereocenters. The van der Waals surface area contributed by atoms with E-state index in [1.807, 2.05) is 62.4 Å². The minimum absolute atomic E-state index is 0.218. The molecule has 8 nitrogen and oxygen atoms in total. The van der Waals surface area contributed by atoms with E-state index in [1.165, 1.54) is 5.56 Å². The summed E-state index contributed by atoms with van der Waals surface area (Å²) < 4.78 is 7.59. The number of amides is 1. The number of carbonyl (C=O) groups is 1. The number of tetrazole rings is 1. The molecular weight excluding hydrogens is 440 g/mol. The van der Waals surface area contributed by atoms with Crippen molar-refractivity contribution < 1.29 is 9.53 Å². The van der Waals surface area contributed by atoms with Crippen molar-refractivity contribution in [2.24, 2.45) is 0 Å². The van der Waals surface area contributed by atoms with Crippen LogP contribution in [0.25, 0.3) is 0 Å². The lowest BCUT2D eigenvalue weighted by Crippen LogP contribution is -2.31. The normalized spacial score (nSPS) is 14.8. The van der Waals surface area contributed by atoms with E-state index in [4.69, 9.17) is 4.74 Å². The number of fused-ring (bicyclic) bond motifs is 1. The van der Waals surface area contributed by atoms with E-state index in [0.717, 1.165) is 28.1 Å². The summed E-state index contributed by atoms with van der Waals surface area (Å²) in [5, 5.41) is 18.2. The highest BCUT2D eigenvalue weighted by Gasteiger charge is 2.34. The van der Waals surface area contributed by atoms with Crippen LogP contribution in [0, 0.1) is 13.8 Å². The minimum atomic E-state index is -0.488. The second kappa shape index (κ2) is 9.42. The van der Waals surface area contributed by atoms with Crippen LogP contribution in [0.4, 0.5) is 11.6 Å². The predicted octanol–water partition coefficient (Wildman–Crippen LogP) is 4.80. The molecule has 1 atom stereocenters. The number of nitrogens with one attached hydrogen (secondary N) is 2. The number of aromatic nitrogens is 4. The summed E-state index contributed by atoms with van der Waals surface area (Å²) in [5.41, 5.74) is 6.27. The van der Waals surface area contributed by atoms with E-state index >= 15 is 0 Å². The maximum Gasteiger partial charge on any atom is 0.255 e. The maximum atomic E-state index is 13.4. The molecule has 0 bridgehead atoms. The van der Waals surface area contributed by atoms with Crippen molar-refractivity contribution in [1.82, 2.24) is 20.2 Å². The van der Waals surface area contributed by atoms with Gasteiger partial charge in [0.2, 0.25) is 5.95 Å². The first-order valence-corrected chi connectivity index (χ1v) is 11.4. The van der Waals surface area contributed by atoms with Gasteiger partial charge >= 0.3 is 0 Å².